The van der Waals surface area contributed by atoms with Gasteiger partial charge in [-0.15, -0.1) is 0 Å². The first-order chi connectivity index (χ1) is 37.5. The Hall–Kier alpha value is -1.40. The quantitative estimate of drug-likeness (QED) is 0.0320. The monoisotopic (exact) mass is 1070 g/mol. The first-order valence-corrected chi connectivity index (χ1v) is 34.9. The summed E-state index contributed by atoms with van der Waals surface area (Å²) >= 11 is 0. The summed E-state index contributed by atoms with van der Waals surface area (Å²) in [4.78, 5) is 24.6. The van der Waals surface area contributed by atoms with Gasteiger partial charge in [-0.05, 0) is 44.9 Å². The second-order valence-corrected chi connectivity index (χ2v) is 24.2. The summed E-state index contributed by atoms with van der Waals surface area (Å²) in [5, 5.41) is 23.4. The molecule has 0 heterocycles. The topological polar surface area (TPSA) is 95.9 Å². The van der Waals surface area contributed by atoms with Crippen molar-refractivity contribution in [1.29, 1.82) is 0 Å². The summed E-state index contributed by atoms with van der Waals surface area (Å²) in [6, 6.07) is -0.541. The maximum atomic E-state index is 12.6. The van der Waals surface area contributed by atoms with Gasteiger partial charge in [0.1, 0.15) is 0 Å². The van der Waals surface area contributed by atoms with E-state index in [0.29, 0.717) is 25.9 Å². The van der Waals surface area contributed by atoms with Crippen LogP contribution in [-0.4, -0.2) is 47.4 Å². The van der Waals surface area contributed by atoms with Crippen LogP contribution in [0.25, 0.3) is 0 Å². The largest absolute Gasteiger partial charge is 0.466 e. The van der Waals surface area contributed by atoms with Gasteiger partial charge in [0.05, 0.1) is 25.4 Å². The molecule has 0 aliphatic rings. The second-order valence-electron chi connectivity index (χ2n) is 24.2. The van der Waals surface area contributed by atoms with Crippen molar-refractivity contribution >= 4 is 11.9 Å². The van der Waals surface area contributed by atoms with Crippen LogP contribution >= 0.6 is 0 Å². The average Bonchev–Trinajstić information content (AvgIpc) is 3.42. The fraction of sp³-hybridized carbons (Fsp3) is 0.943. The average molecular weight is 1070 g/mol. The normalized spacial score (nSPS) is 12.5. The summed E-state index contributed by atoms with van der Waals surface area (Å²) in [6.07, 6.45) is 81.1. The number of allylic oxidation sites excluding steroid dienone is 2. The summed E-state index contributed by atoms with van der Waals surface area (Å²) in [5.74, 6) is -0.0232. The zero-order valence-electron chi connectivity index (χ0n) is 51.8. The minimum atomic E-state index is -0.664. The lowest BCUT2D eigenvalue weighted by molar-refractivity contribution is -0.143. The Morgan fingerprint density at radius 1 is 0.355 bits per heavy atom. The number of aliphatic hydroxyl groups excluding tert-OH is 2. The first kappa shape index (κ1) is 74.6. The molecule has 76 heavy (non-hydrogen) atoms. The van der Waals surface area contributed by atoms with Gasteiger partial charge in [-0.1, -0.05) is 353 Å². The van der Waals surface area contributed by atoms with Gasteiger partial charge in [0.15, 0.2) is 0 Å². The van der Waals surface area contributed by atoms with Gasteiger partial charge in [0.2, 0.25) is 5.91 Å². The Labute approximate surface area is 476 Å². The van der Waals surface area contributed by atoms with Crippen molar-refractivity contribution in [3.05, 3.63) is 12.2 Å². The van der Waals surface area contributed by atoms with Crippen molar-refractivity contribution in [3.8, 4) is 0 Å². The van der Waals surface area contributed by atoms with E-state index in [1.54, 1.807) is 0 Å². The van der Waals surface area contributed by atoms with E-state index in [1.165, 1.54) is 321 Å². The molecular formula is C70H137NO5. The van der Waals surface area contributed by atoms with Crippen molar-refractivity contribution in [2.24, 2.45) is 0 Å². The summed E-state index contributed by atoms with van der Waals surface area (Å²) in [7, 11) is 0. The molecule has 0 rings (SSSR count). The van der Waals surface area contributed by atoms with Gasteiger partial charge in [-0.2, -0.15) is 0 Å². The molecule has 2 atom stereocenters. The molecule has 0 aromatic rings. The third-order valence-corrected chi connectivity index (χ3v) is 16.6. The molecule has 1 amide bonds. The standard InChI is InChI=1S/C70H137NO5/c1-3-5-7-9-11-13-15-16-17-18-19-20-21-24-27-30-33-36-39-43-46-50-54-58-62-68(73)67(66-72)71-69(74)63-59-55-51-47-44-40-37-34-31-28-25-22-23-26-29-32-35-38-41-45-49-53-57-61-65-76-70(75)64-60-56-52-48-42-14-12-10-8-6-4-2/h10,12,67-68,72-73H,3-9,11,13-66H2,1-2H3,(H,71,74)/b12-10-. The van der Waals surface area contributed by atoms with Gasteiger partial charge in [0, 0.05) is 12.8 Å². The zero-order chi connectivity index (χ0) is 55.0. The van der Waals surface area contributed by atoms with E-state index in [0.717, 1.165) is 44.9 Å². The smallest absolute Gasteiger partial charge is 0.305 e. The van der Waals surface area contributed by atoms with Gasteiger partial charge in [0.25, 0.3) is 0 Å². The van der Waals surface area contributed by atoms with Crippen LogP contribution in [-0.2, 0) is 14.3 Å². The predicted molar refractivity (Wildman–Crippen MR) is 333 cm³/mol. The van der Waals surface area contributed by atoms with Crippen molar-refractivity contribution < 1.29 is 24.5 Å². The molecule has 0 aromatic carbocycles. The molecule has 0 saturated carbocycles. The van der Waals surface area contributed by atoms with Crippen molar-refractivity contribution in [3.63, 3.8) is 0 Å². The first-order valence-electron chi connectivity index (χ1n) is 34.9. The van der Waals surface area contributed by atoms with E-state index >= 15 is 0 Å². The molecule has 452 valence electrons. The fourth-order valence-corrected chi connectivity index (χ4v) is 11.2. The lowest BCUT2D eigenvalue weighted by atomic mass is 10.0. The number of carbonyl (C=O) groups is 2. The third kappa shape index (κ3) is 61.8. The highest BCUT2D eigenvalue weighted by molar-refractivity contribution is 5.76. The number of unbranched alkanes of at least 4 members (excludes halogenated alkanes) is 53. The molecule has 0 aliphatic heterocycles. The van der Waals surface area contributed by atoms with Gasteiger partial charge in [-0.3, -0.25) is 9.59 Å². The van der Waals surface area contributed by atoms with Gasteiger partial charge >= 0.3 is 5.97 Å². The van der Waals surface area contributed by atoms with Crippen LogP contribution in [0.4, 0.5) is 0 Å². The maximum absolute atomic E-state index is 12.6. The molecular weight excluding hydrogens is 935 g/mol. The minimum absolute atomic E-state index is 0.00541. The SMILES string of the molecule is CCCC/C=C\CCCCCCCC(=O)OCCCCCCCCCCCCCCCCCCCCCCCCCCC(=O)NC(CO)C(O)CCCCCCCCCCCCCCCCCCCCCCCCCC. The molecule has 3 N–H and O–H groups in total. The molecule has 0 aliphatic carbocycles. The molecule has 0 fully saturated rings. The number of amides is 1. The molecule has 2 unspecified atom stereocenters. The van der Waals surface area contributed by atoms with Crippen LogP contribution < -0.4 is 5.32 Å². The molecule has 0 bridgehead atoms. The maximum Gasteiger partial charge on any atom is 0.305 e. The van der Waals surface area contributed by atoms with Gasteiger partial charge < -0.3 is 20.3 Å². The Kier molecular flexibility index (Phi) is 64.9. The Morgan fingerprint density at radius 2 is 0.632 bits per heavy atom. The van der Waals surface area contributed by atoms with E-state index in [2.05, 4.69) is 31.3 Å². The van der Waals surface area contributed by atoms with Crippen molar-refractivity contribution in [2.45, 2.75) is 411 Å². The lowest BCUT2D eigenvalue weighted by Crippen LogP contribution is -2.45. The predicted octanol–water partition coefficient (Wildman–Crippen LogP) is 22.4. The van der Waals surface area contributed by atoms with Gasteiger partial charge in [-0.25, -0.2) is 0 Å². The van der Waals surface area contributed by atoms with Crippen LogP contribution in [0, 0.1) is 0 Å². The highest BCUT2D eigenvalue weighted by Gasteiger charge is 2.20. The van der Waals surface area contributed by atoms with E-state index < -0.39 is 12.1 Å². The summed E-state index contributed by atoms with van der Waals surface area (Å²) in [6.45, 7) is 4.95. The Morgan fingerprint density at radius 3 is 0.974 bits per heavy atom. The van der Waals surface area contributed by atoms with E-state index in [-0.39, 0.29) is 18.5 Å². The highest BCUT2D eigenvalue weighted by Crippen LogP contribution is 2.19. The van der Waals surface area contributed by atoms with Crippen LogP contribution in [0.3, 0.4) is 0 Å². The minimum Gasteiger partial charge on any atom is -0.466 e. The molecule has 6 nitrogen and oxygen atoms in total. The van der Waals surface area contributed by atoms with Crippen LogP contribution in [0.5, 0.6) is 0 Å². The summed E-state index contributed by atoms with van der Waals surface area (Å²) < 4.78 is 5.47. The number of nitrogens with one attached hydrogen (secondary N) is 1. The lowest BCUT2D eigenvalue weighted by Gasteiger charge is -2.22. The second kappa shape index (κ2) is 66.1. The number of carbonyl (C=O) groups excluding carboxylic acids is 2. The molecule has 6 heteroatoms. The van der Waals surface area contributed by atoms with E-state index in [1.807, 2.05) is 0 Å². The number of ether oxygens (including phenoxy) is 1. The fourth-order valence-electron chi connectivity index (χ4n) is 11.2. The number of hydrogen-bond donors (Lipinski definition) is 3. The Bertz CT molecular complexity index is 1140. The van der Waals surface area contributed by atoms with Crippen LogP contribution in [0.2, 0.25) is 0 Å². The molecule has 0 radical (unpaired) electrons. The zero-order valence-corrected chi connectivity index (χ0v) is 51.8. The molecule has 0 aromatic heterocycles. The van der Waals surface area contributed by atoms with Crippen LogP contribution in [0.15, 0.2) is 12.2 Å². The van der Waals surface area contributed by atoms with E-state index in [4.69, 9.17) is 4.74 Å². The number of hydrogen-bond acceptors (Lipinski definition) is 5. The van der Waals surface area contributed by atoms with Crippen molar-refractivity contribution in [1.82, 2.24) is 5.32 Å². The molecule has 0 saturated heterocycles. The molecule has 0 spiro atoms. The van der Waals surface area contributed by atoms with Crippen LogP contribution in [0.1, 0.15) is 399 Å². The Balaban J connectivity index is 3.37. The number of rotatable bonds is 66. The number of aliphatic hydroxyl groups is 2. The number of esters is 1. The van der Waals surface area contributed by atoms with Crippen molar-refractivity contribution in [2.75, 3.05) is 13.2 Å². The summed E-state index contributed by atoms with van der Waals surface area (Å²) in [5.41, 5.74) is 0. The van der Waals surface area contributed by atoms with E-state index in [9.17, 15) is 19.8 Å². The third-order valence-electron chi connectivity index (χ3n) is 16.6. The highest BCUT2D eigenvalue weighted by atomic mass is 16.5.